The Bertz CT molecular complexity index is 835. The van der Waals surface area contributed by atoms with Gasteiger partial charge in [0, 0.05) is 10.7 Å². The number of halogens is 1. The topological polar surface area (TPSA) is 74.7 Å². The second-order valence-corrected chi connectivity index (χ2v) is 5.64. The maximum atomic E-state index is 9.10. The second-order valence-electron chi connectivity index (χ2n) is 4.17. The monoisotopic (exact) mass is 300 g/mol. The van der Waals surface area contributed by atoms with E-state index in [1.165, 1.54) is 11.3 Å². The molecule has 3 rings (SSSR count). The maximum absolute atomic E-state index is 9.10. The summed E-state index contributed by atoms with van der Waals surface area (Å²) in [5, 5.41) is 13.5. The summed E-state index contributed by atoms with van der Waals surface area (Å²) in [4.78, 5) is 4.45. The van der Waals surface area contributed by atoms with Gasteiger partial charge in [0.2, 0.25) is 0 Å². The summed E-state index contributed by atoms with van der Waals surface area (Å²) in [6.07, 6.45) is 0. The highest BCUT2D eigenvalue weighted by Crippen LogP contribution is 2.31. The number of nitriles is 1. The average Bonchev–Trinajstić information content (AvgIpc) is 2.80. The standard InChI is InChI=1S/C14H9ClN4S/c15-9-2-1-8(7-16)12(5-9)19-14-18-11-4-3-10(17)6-13(11)20-14/h1-6H,17H2,(H,18,19). The van der Waals surface area contributed by atoms with Crippen molar-refractivity contribution in [2.45, 2.75) is 0 Å². The number of nitrogens with zero attached hydrogens (tertiary/aromatic N) is 2. The van der Waals surface area contributed by atoms with Crippen LogP contribution >= 0.6 is 22.9 Å². The zero-order valence-electron chi connectivity index (χ0n) is 10.2. The van der Waals surface area contributed by atoms with E-state index in [2.05, 4.69) is 16.4 Å². The minimum Gasteiger partial charge on any atom is -0.399 e. The lowest BCUT2D eigenvalue weighted by Gasteiger charge is -2.04. The van der Waals surface area contributed by atoms with E-state index in [0.717, 1.165) is 10.2 Å². The lowest BCUT2D eigenvalue weighted by atomic mass is 10.2. The van der Waals surface area contributed by atoms with Gasteiger partial charge in [-0.15, -0.1) is 0 Å². The number of anilines is 3. The van der Waals surface area contributed by atoms with Crippen LogP contribution in [0.3, 0.4) is 0 Å². The average molecular weight is 301 g/mol. The van der Waals surface area contributed by atoms with Gasteiger partial charge >= 0.3 is 0 Å². The van der Waals surface area contributed by atoms with Crippen LogP contribution in [0.4, 0.5) is 16.5 Å². The predicted octanol–water partition coefficient (Wildman–Crippen LogP) is 4.15. The first kappa shape index (κ1) is 12.7. The zero-order chi connectivity index (χ0) is 14.1. The molecule has 0 amide bonds. The van der Waals surface area contributed by atoms with Crippen molar-refractivity contribution in [3.63, 3.8) is 0 Å². The number of hydrogen-bond donors (Lipinski definition) is 2. The number of benzene rings is 2. The molecule has 4 nitrogen and oxygen atoms in total. The lowest BCUT2D eigenvalue weighted by Crippen LogP contribution is -1.92. The molecule has 0 radical (unpaired) electrons. The largest absolute Gasteiger partial charge is 0.399 e. The summed E-state index contributed by atoms with van der Waals surface area (Å²) < 4.78 is 0.994. The van der Waals surface area contributed by atoms with Crippen LogP contribution in [-0.2, 0) is 0 Å². The third-order valence-electron chi connectivity index (χ3n) is 2.76. The van der Waals surface area contributed by atoms with E-state index in [1.54, 1.807) is 18.2 Å². The van der Waals surface area contributed by atoms with Crippen molar-refractivity contribution < 1.29 is 0 Å². The fourth-order valence-electron chi connectivity index (χ4n) is 1.83. The van der Waals surface area contributed by atoms with Crippen molar-refractivity contribution >= 4 is 49.7 Å². The molecule has 98 valence electrons. The van der Waals surface area contributed by atoms with Crippen molar-refractivity contribution in [2.24, 2.45) is 0 Å². The molecule has 6 heteroatoms. The Morgan fingerprint density at radius 2 is 2.10 bits per heavy atom. The fraction of sp³-hybridized carbons (Fsp3) is 0. The highest BCUT2D eigenvalue weighted by atomic mass is 35.5. The Labute approximate surface area is 124 Å². The van der Waals surface area contributed by atoms with E-state index in [0.29, 0.717) is 27.1 Å². The first-order valence-electron chi connectivity index (χ1n) is 5.78. The number of hydrogen-bond acceptors (Lipinski definition) is 5. The predicted molar refractivity (Wildman–Crippen MR) is 83.5 cm³/mol. The molecule has 0 unspecified atom stereocenters. The molecule has 3 N–H and O–H groups in total. The number of nitrogen functional groups attached to an aromatic ring is 1. The van der Waals surface area contributed by atoms with Crippen LogP contribution in [0.25, 0.3) is 10.2 Å². The Kier molecular flexibility index (Phi) is 3.18. The van der Waals surface area contributed by atoms with Crippen LogP contribution < -0.4 is 11.1 Å². The number of aromatic nitrogens is 1. The number of thiazole rings is 1. The van der Waals surface area contributed by atoms with Gasteiger partial charge in [-0.05, 0) is 36.4 Å². The molecule has 2 aromatic carbocycles. The summed E-state index contributed by atoms with van der Waals surface area (Å²) in [5.74, 6) is 0. The normalized spacial score (nSPS) is 10.4. The summed E-state index contributed by atoms with van der Waals surface area (Å²) in [5.41, 5.74) is 8.49. The van der Waals surface area contributed by atoms with E-state index >= 15 is 0 Å². The molecule has 0 bridgehead atoms. The van der Waals surface area contributed by atoms with Crippen LogP contribution in [0.2, 0.25) is 5.02 Å². The summed E-state index contributed by atoms with van der Waals surface area (Å²) in [7, 11) is 0. The molecule has 0 saturated carbocycles. The van der Waals surface area contributed by atoms with Gasteiger partial charge in [-0.25, -0.2) is 4.98 Å². The highest BCUT2D eigenvalue weighted by Gasteiger charge is 2.08. The second kappa shape index (κ2) is 5.00. The SMILES string of the molecule is N#Cc1ccc(Cl)cc1Nc1nc2ccc(N)cc2s1. The molecule has 20 heavy (non-hydrogen) atoms. The van der Waals surface area contributed by atoms with Gasteiger partial charge in [0.25, 0.3) is 0 Å². The van der Waals surface area contributed by atoms with Gasteiger partial charge in [0.1, 0.15) is 6.07 Å². The molecule has 0 aliphatic carbocycles. The van der Waals surface area contributed by atoms with E-state index in [1.807, 2.05) is 18.2 Å². The Morgan fingerprint density at radius 1 is 1.25 bits per heavy atom. The fourth-order valence-corrected chi connectivity index (χ4v) is 2.93. The van der Waals surface area contributed by atoms with Gasteiger partial charge in [0.15, 0.2) is 5.13 Å². The van der Waals surface area contributed by atoms with Crippen molar-refractivity contribution in [1.82, 2.24) is 4.98 Å². The molecule has 0 atom stereocenters. The summed E-state index contributed by atoms with van der Waals surface area (Å²) in [6, 6.07) is 12.8. The van der Waals surface area contributed by atoms with Crippen molar-refractivity contribution in [3.8, 4) is 6.07 Å². The van der Waals surface area contributed by atoms with Crippen LogP contribution in [0.15, 0.2) is 36.4 Å². The van der Waals surface area contributed by atoms with E-state index in [-0.39, 0.29) is 0 Å². The molecule has 0 aliphatic rings. The summed E-state index contributed by atoms with van der Waals surface area (Å²) >= 11 is 7.43. The Balaban J connectivity index is 2.01. The molecule has 3 aromatic rings. The van der Waals surface area contributed by atoms with Crippen molar-refractivity contribution in [1.29, 1.82) is 5.26 Å². The number of fused-ring (bicyclic) bond motifs is 1. The first-order chi connectivity index (χ1) is 9.65. The number of nitrogens with two attached hydrogens (primary N) is 1. The van der Waals surface area contributed by atoms with E-state index in [4.69, 9.17) is 22.6 Å². The molecule has 1 heterocycles. The van der Waals surface area contributed by atoms with Crippen LogP contribution in [0.1, 0.15) is 5.56 Å². The van der Waals surface area contributed by atoms with E-state index in [9.17, 15) is 0 Å². The molecule has 0 aliphatic heterocycles. The molecular formula is C14H9ClN4S. The minimum atomic E-state index is 0.521. The Hall–Kier alpha value is -2.29. The number of nitrogens with one attached hydrogen (secondary N) is 1. The van der Waals surface area contributed by atoms with Gasteiger partial charge < -0.3 is 11.1 Å². The highest BCUT2D eigenvalue weighted by molar-refractivity contribution is 7.22. The van der Waals surface area contributed by atoms with Crippen LogP contribution in [-0.4, -0.2) is 4.98 Å². The number of rotatable bonds is 2. The van der Waals surface area contributed by atoms with E-state index < -0.39 is 0 Å². The van der Waals surface area contributed by atoms with Crippen LogP contribution in [0.5, 0.6) is 0 Å². The van der Waals surface area contributed by atoms with Crippen molar-refractivity contribution in [2.75, 3.05) is 11.1 Å². The summed E-state index contributed by atoms with van der Waals surface area (Å²) in [6.45, 7) is 0. The quantitative estimate of drug-likeness (QED) is 0.697. The maximum Gasteiger partial charge on any atom is 0.188 e. The van der Waals surface area contributed by atoms with Gasteiger partial charge in [-0.2, -0.15) is 5.26 Å². The lowest BCUT2D eigenvalue weighted by molar-refractivity contribution is 1.42. The first-order valence-corrected chi connectivity index (χ1v) is 6.98. The van der Waals surface area contributed by atoms with Crippen molar-refractivity contribution in [3.05, 3.63) is 47.0 Å². The third kappa shape index (κ3) is 2.39. The zero-order valence-corrected chi connectivity index (χ0v) is 11.8. The molecule has 0 saturated heterocycles. The Morgan fingerprint density at radius 3 is 2.90 bits per heavy atom. The third-order valence-corrected chi connectivity index (χ3v) is 3.92. The van der Waals surface area contributed by atoms with Gasteiger partial charge in [0.05, 0.1) is 21.5 Å². The molecule has 0 spiro atoms. The van der Waals surface area contributed by atoms with Gasteiger partial charge in [-0.3, -0.25) is 0 Å². The smallest absolute Gasteiger partial charge is 0.188 e. The molecule has 1 aromatic heterocycles. The molecular weight excluding hydrogens is 292 g/mol. The van der Waals surface area contributed by atoms with Crippen LogP contribution in [0, 0.1) is 11.3 Å². The molecule has 0 fully saturated rings. The van der Waals surface area contributed by atoms with Gasteiger partial charge in [-0.1, -0.05) is 22.9 Å². The minimum absolute atomic E-state index is 0.521.